The topological polar surface area (TPSA) is 84.2 Å². The number of amides is 2. The standard InChI is InChI=1S/C22H19N3O3S/c1-2-20(26)24-15-7-5-6-14(12-15)21(27)23-13-16-10-11-18(28-16)22-25-17-8-3-4-9-19(17)29-22/h3-12H,2,13H2,1H3,(H,23,27)(H,24,26). The largest absolute Gasteiger partial charge is 0.457 e. The molecule has 0 aliphatic heterocycles. The summed E-state index contributed by atoms with van der Waals surface area (Å²) in [5, 5.41) is 6.40. The van der Waals surface area contributed by atoms with Gasteiger partial charge < -0.3 is 15.1 Å². The van der Waals surface area contributed by atoms with Gasteiger partial charge in [-0.3, -0.25) is 9.59 Å². The molecule has 0 saturated carbocycles. The predicted molar refractivity (Wildman–Crippen MR) is 114 cm³/mol. The monoisotopic (exact) mass is 405 g/mol. The molecule has 4 rings (SSSR count). The molecule has 2 heterocycles. The van der Waals surface area contributed by atoms with Gasteiger partial charge in [0.2, 0.25) is 5.91 Å². The van der Waals surface area contributed by atoms with Gasteiger partial charge in [-0.15, -0.1) is 11.3 Å². The number of rotatable bonds is 6. The number of fused-ring (bicyclic) bond motifs is 1. The zero-order valence-electron chi connectivity index (χ0n) is 15.8. The van der Waals surface area contributed by atoms with Crippen LogP contribution >= 0.6 is 11.3 Å². The molecule has 0 bridgehead atoms. The summed E-state index contributed by atoms with van der Waals surface area (Å²) in [7, 11) is 0. The van der Waals surface area contributed by atoms with Crippen molar-refractivity contribution in [3.05, 3.63) is 72.0 Å². The van der Waals surface area contributed by atoms with Crippen molar-refractivity contribution in [3.63, 3.8) is 0 Å². The molecule has 29 heavy (non-hydrogen) atoms. The third kappa shape index (κ3) is 4.35. The predicted octanol–water partition coefficient (Wildman–Crippen LogP) is 4.83. The first-order valence-electron chi connectivity index (χ1n) is 9.25. The Bertz CT molecular complexity index is 1150. The van der Waals surface area contributed by atoms with Crippen LogP contribution in [0.5, 0.6) is 0 Å². The molecule has 0 saturated heterocycles. The summed E-state index contributed by atoms with van der Waals surface area (Å²) in [5.74, 6) is 0.985. The lowest BCUT2D eigenvalue weighted by Crippen LogP contribution is -2.22. The lowest BCUT2D eigenvalue weighted by atomic mass is 10.2. The van der Waals surface area contributed by atoms with E-state index in [2.05, 4.69) is 15.6 Å². The van der Waals surface area contributed by atoms with Gasteiger partial charge in [0.05, 0.1) is 16.8 Å². The number of benzene rings is 2. The number of carbonyl (C=O) groups is 2. The number of nitrogens with one attached hydrogen (secondary N) is 2. The molecule has 7 heteroatoms. The van der Waals surface area contributed by atoms with Crippen molar-refractivity contribution in [2.45, 2.75) is 19.9 Å². The van der Waals surface area contributed by atoms with E-state index in [9.17, 15) is 9.59 Å². The first kappa shape index (κ1) is 18.9. The highest BCUT2D eigenvalue weighted by Crippen LogP contribution is 2.31. The number of para-hydroxylation sites is 1. The minimum absolute atomic E-state index is 0.0967. The molecule has 0 aliphatic carbocycles. The molecule has 6 nitrogen and oxygen atoms in total. The van der Waals surface area contributed by atoms with Crippen LogP contribution in [0.3, 0.4) is 0 Å². The smallest absolute Gasteiger partial charge is 0.251 e. The second-order valence-electron chi connectivity index (χ2n) is 6.42. The highest BCUT2D eigenvalue weighted by atomic mass is 32.1. The second kappa shape index (κ2) is 8.28. The molecular weight excluding hydrogens is 386 g/mol. The van der Waals surface area contributed by atoms with Crippen LogP contribution in [-0.2, 0) is 11.3 Å². The summed E-state index contributed by atoms with van der Waals surface area (Å²) in [6.07, 6.45) is 0.381. The average molecular weight is 405 g/mol. The molecule has 0 fully saturated rings. The Hall–Kier alpha value is -3.45. The maximum atomic E-state index is 12.4. The number of thiazole rings is 1. The quantitative estimate of drug-likeness (QED) is 0.481. The number of nitrogens with zero attached hydrogens (tertiary/aromatic N) is 1. The van der Waals surface area contributed by atoms with Crippen LogP contribution in [0.2, 0.25) is 0 Å². The highest BCUT2D eigenvalue weighted by molar-refractivity contribution is 7.21. The van der Waals surface area contributed by atoms with Crippen molar-refractivity contribution < 1.29 is 14.0 Å². The molecule has 4 aromatic rings. The molecule has 0 aliphatic rings. The summed E-state index contributed by atoms with van der Waals surface area (Å²) in [6.45, 7) is 2.03. The van der Waals surface area contributed by atoms with E-state index in [1.165, 1.54) is 0 Å². The van der Waals surface area contributed by atoms with Gasteiger partial charge >= 0.3 is 0 Å². The Labute approximate surface area is 171 Å². The van der Waals surface area contributed by atoms with E-state index in [-0.39, 0.29) is 18.4 Å². The lowest BCUT2D eigenvalue weighted by Gasteiger charge is -2.07. The lowest BCUT2D eigenvalue weighted by molar-refractivity contribution is -0.115. The van der Waals surface area contributed by atoms with Crippen molar-refractivity contribution in [1.29, 1.82) is 0 Å². The average Bonchev–Trinajstić information content (AvgIpc) is 3.38. The molecule has 2 aromatic heterocycles. The number of anilines is 1. The summed E-state index contributed by atoms with van der Waals surface area (Å²) in [6, 6.07) is 18.5. The van der Waals surface area contributed by atoms with E-state index < -0.39 is 0 Å². The van der Waals surface area contributed by atoms with E-state index in [0.717, 1.165) is 15.2 Å². The Morgan fingerprint density at radius 1 is 1.07 bits per heavy atom. The van der Waals surface area contributed by atoms with Gasteiger partial charge in [0.1, 0.15) is 5.76 Å². The molecule has 2 aromatic carbocycles. The zero-order valence-corrected chi connectivity index (χ0v) is 16.6. The fourth-order valence-electron chi connectivity index (χ4n) is 2.82. The minimum Gasteiger partial charge on any atom is -0.457 e. The van der Waals surface area contributed by atoms with Crippen molar-refractivity contribution in [1.82, 2.24) is 10.3 Å². The zero-order chi connectivity index (χ0) is 20.2. The summed E-state index contributed by atoms with van der Waals surface area (Å²) >= 11 is 1.57. The Kier molecular flexibility index (Phi) is 5.39. The first-order chi connectivity index (χ1) is 14.1. The van der Waals surface area contributed by atoms with Crippen LogP contribution in [0.4, 0.5) is 5.69 Å². The number of furan rings is 1. The van der Waals surface area contributed by atoms with Gasteiger partial charge in [-0.1, -0.05) is 25.1 Å². The number of carbonyl (C=O) groups excluding carboxylic acids is 2. The van der Waals surface area contributed by atoms with Gasteiger partial charge in [0.25, 0.3) is 5.91 Å². The van der Waals surface area contributed by atoms with E-state index >= 15 is 0 Å². The van der Waals surface area contributed by atoms with Gasteiger partial charge in [0.15, 0.2) is 10.8 Å². The highest BCUT2D eigenvalue weighted by Gasteiger charge is 2.12. The van der Waals surface area contributed by atoms with Gasteiger partial charge in [-0.2, -0.15) is 0 Å². The number of aromatic nitrogens is 1. The molecule has 0 spiro atoms. The van der Waals surface area contributed by atoms with E-state index in [4.69, 9.17) is 4.42 Å². The summed E-state index contributed by atoms with van der Waals surface area (Å²) in [5.41, 5.74) is 2.01. The molecule has 0 atom stereocenters. The van der Waals surface area contributed by atoms with Crippen LogP contribution in [0.15, 0.2) is 65.1 Å². The minimum atomic E-state index is -0.240. The van der Waals surface area contributed by atoms with Crippen molar-refractivity contribution >= 4 is 39.1 Å². The maximum Gasteiger partial charge on any atom is 0.251 e. The molecular formula is C22H19N3O3S. The maximum absolute atomic E-state index is 12.4. The van der Waals surface area contributed by atoms with Gasteiger partial charge in [0, 0.05) is 17.7 Å². The van der Waals surface area contributed by atoms with Crippen molar-refractivity contribution in [2.75, 3.05) is 5.32 Å². The van der Waals surface area contributed by atoms with Gasteiger partial charge in [-0.05, 0) is 42.5 Å². The number of hydrogen-bond donors (Lipinski definition) is 2. The van der Waals surface area contributed by atoms with Crippen molar-refractivity contribution in [2.24, 2.45) is 0 Å². The number of hydrogen-bond acceptors (Lipinski definition) is 5. The normalized spacial score (nSPS) is 10.8. The fraction of sp³-hybridized carbons (Fsp3) is 0.136. The molecule has 146 valence electrons. The SMILES string of the molecule is CCC(=O)Nc1cccc(C(=O)NCc2ccc(-c3nc4ccccc4s3)o2)c1. The Morgan fingerprint density at radius 2 is 1.93 bits per heavy atom. The molecule has 0 radical (unpaired) electrons. The van der Waals surface area contributed by atoms with Crippen LogP contribution < -0.4 is 10.6 Å². The third-order valence-corrected chi connectivity index (χ3v) is 5.37. The fourth-order valence-corrected chi connectivity index (χ4v) is 3.75. The first-order valence-corrected chi connectivity index (χ1v) is 10.1. The molecule has 2 N–H and O–H groups in total. The third-order valence-electron chi connectivity index (χ3n) is 4.32. The van der Waals surface area contributed by atoms with Crippen molar-refractivity contribution in [3.8, 4) is 10.8 Å². The van der Waals surface area contributed by atoms with Crippen LogP contribution in [0.1, 0.15) is 29.5 Å². The van der Waals surface area contributed by atoms with E-state index in [1.54, 1.807) is 42.5 Å². The van der Waals surface area contributed by atoms with E-state index in [0.29, 0.717) is 29.2 Å². The summed E-state index contributed by atoms with van der Waals surface area (Å²) < 4.78 is 6.95. The van der Waals surface area contributed by atoms with Crippen LogP contribution in [0, 0.1) is 0 Å². The molecule has 2 amide bonds. The second-order valence-corrected chi connectivity index (χ2v) is 7.45. The Morgan fingerprint density at radius 3 is 2.76 bits per heavy atom. The molecule has 0 unspecified atom stereocenters. The Balaban J connectivity index is 1.41. The van der Waals surface area contributed by atoms with Gasteiger partial charge in [-0.25, -0.2) is 4.98 Å². The summed E-state index contributed by atoms with van der Waals surface area (Å²) in [4.78, 5) is 28.5. The van der Waals surface area contributed by atoms with E-state index in [1.807, 2.05) is 36.4 Å². The van der Waals surface area contributed by atoms with Crippen LogP contribution in [0.25, 0.3) is 21.0 Å². The van der Waals surface area contributed by atoms with Crippen LogP contribution in [-0.4, -0.2) is 16.8 Å².